The van der Waals surface area contributed by atoms with Crippen molar-refractivity contribution in [3.63, 3.8) is 0 Å². The number of hydrogen-bond donors (Lipinski definition) is 0. The van der Waals surface area contributed by atoms with E-state index in [2.05, 4.69) is 0 Å². The van der Waals surface area contributed by atoms with Crippen LogP contribution in [0.15, 0.2) is 47.2 Å². The monoisotopic (exact) mass is 250 g/mol. The normalized spacial score (nSPS) is 16.6. The van der Waals surface area contributed by atoms with Crippen LogP contribution in [0.3, 0.4) is 0 Å². The van der Waals surface area contributed by atoms with Crippen LogP contribution in [0.4, 0.5) is 0 Å². The summed E-state index contributed by atoms with van der Waals surface area (Å²) in [6.45, 7) is 5.84. The Morgan fingerprint density at radius 1 is 1.11 bits per heavy atom. The van der Waals surface area contributed by atoms with E-state index < -0.39 is 5.60 Å². The zero-order valence-corrected chi connectivity index (χ0v) is 11.2. The first kappa shape index (κ1) is 12.9. The number of allylic oxidation sites excluding steroid dienone is 2. The molecule has 1 aromatic rings. The van der Waals surface area contributed by atoms with Gasteiger partial charge in [0.15, 0.2) is 11.3 Å². The number of benzene rings is 1. The summed E-state index contributed by atoms with van der Waals surface area (Å²) < 4.78 is 5.83. The number of nitriles is 2. The predicted octanol–water partition coefficient (Wildman–Crippen LogP) is 3.57. The fraction of sp³-hybridized carbons (Fsp3) is 0.250. The van der Waals surface area contributed by atoms with Gasteiger partial charge in [-0.05, 0) is 31.9 Å². The molecule has 0 radical (unpaired) electrons. The second kappa shape index (κ2) is 4.63. The highest BCUT2D eigenvalue weighted by Gasteiger charge is 2.37. The topological polar surface area (TPSA) is 56.8 Å². The molecule has 0 saturated heterocycles. The van der Waals surface area contributed by atoms with E-state index in [0.717, 1.165) is 16.7 Å². The molecular formula is C16H14N2O. The quantitative estimate of drug-likeness (QED) is 0.716. The second-order valence-electron chi connectivity index (χ2n) is 4.91. The minimum absolute atomic E-state index is 0.0174. The van der Waals surface area contributed by atoms with Gasteiger partial charge in [0.1, 0.15) is 17.7 Å². The summed E-state index contributed by atoms with van der Waals surface area (Å²) in [5, 5.41) is 18.1. The van der Waals surface area contributed by atoms with Crippen molar-refractivity contribution in [1.82, 2.24) is 0 Å². The third-order valence-corrected chi connectivity index (χ3v) is 3.38. The minimum atomic E-state index is -0.501. The van der Waals surface area contributed by atoms with Gasteiger partial charge in [-0.15, -0.1) is 0 Å². The lowest BCUT2D eigenvalue weighted by Crippen LogP contribution is -2.20. The van der Waals surface area contributed by atoms with Crippen LogP contribution < -0.4 is 0 Å². The highest BCUT2D eigenvalue weighted by molar-refractivity contribution is 5.85. The summed E-state index contributed by atoms with van der Waals surface area (Å²) in [5.74, 6) is 0.388. The lowest BCUT2D eigenvalue weighted by molar-refractivity contribution is 0.0938. The second-order valence-corrected chi connectivity index (χ2v) is 4.91. The molecule has 0 aromatic heterocycles. The summed E-state index contributed by atoms with van der Waals surface area (Å²) >= 11 is 0. The first-order valence-corrected chi connectivity index (χ1v) is 6.02. The zero-order valence-electron chi connectivity index (χ0n) is 11.2. The molecule has 0 atom stereocenters. The Labute approximate surface area is 113 Å². The molecule has 0 N–H and O–H groups in total. The average Bonchev–Trinajstić information content (AvgIpc) is 2.63. The van der Waals surface area contributed by atoms with Crippen molar-refractivity contribution in [3.05, 3.63) is 52.8 Å². The molecule has 3 heteroatoms. The van der Waals surface area contributed by atoms with Gasteiger partial charge in [-0.1, -0.05) is 30.3 Å². The highest BCUT2D eigenvalue weighted by Crippen LogP contribution is 2.44. The number of rotatable bonds is 1. The smallest absolute Gasteiger partial charge is 0.172 e. The Balaban J connectivity index is 2.72. The van der Waals surface area contributed by atoms with Gasteiger partial charge in [0.05, 0.1) is 0 Å². The zero-order chi connectivity index (χ0) is 14.0. The molecule has 0 spiro atoms. The van der Waals surface area contributed by atoms with Gasteiger partial charge in [-0.2, -0.15) is 10.5 Å². The van der Waals surface area contributed by atoms with Gasteiger partial charge in [0.25, 0.3) is 0 Å². The van der Waals surface area contributed by atoms with Crippen LogP contribution in [0.25, 0.3) is 5.57 Å². The Kier molecular flexibility index (Phi) is 3.15. The van der Waals surface area contributed by atoms with Crippen molar-refractivity contribution in [2.45, 2.75) is 26.4 Å². The highest BCUT2D eigenvalue weighted by atomic mass is 16.5. The first-order valence-electron chi connectivity index (χ1n) is 6.02. The molecule has 1 heterocycles. The Morgan fingerprint density at radius 2 is 1.68 bits per heavy atom. The van der Waals surface area contributed by atoms with Crippen LogP contribution in [0.5, 0.6) is 0 Å². The van der Waals surface area contributed by atoms with E-state index in [4.69, 9.17) is 15.3 Å². The Bertz CT molecular complexity index is 636. The van der Waals surface area contributed by atoms with Crippen molar-refractivity contribution in [1.29, 1.82) is 10.5 Å². The van der Waals surface area contributed by atoms with Crippen molar-refractivity contribution < 1.29 is 4.74 Å². The number of nitrogens with zero attached hydrogens (tertiary/aromatic N) is 2. The number of ether oxygens (including phenoxy) is 1. The molecule has 94 valence electrons. The van der Waals surface area contributed by atoms with Crippen LogP contribution in [0.1, 0.15) is 26.3 Å². The van der Waals surface area contributed by atoms with Crippen LogP contribution in [-0.2, 0) is 4.74 Å². The Morgan fingerprint density at radius 3 is 2.21 bits per heavy atom. The van der Waals surface area contributed by atoms with Crippen molar-refractivity contribution in [3.8, 4) is 12.1 Å². The predicted molar refractivity (Wildman–Crippen MR) is 72.5 cm³/mol. The molecule has 1 aliphatic rings. The molecule has 0 bridgehead atoms. The summed E-state index contributed by atoms with van der Waals surface area (Å²) in [4.78, 5) is 0. The molecule has 1 aliphatic heterocycles. The fourth-order valence-electron chi connectivity index (χ4n) is 2.11. The van der Waals surface area contributed by atoms with E-state index in [0.29, 0.717) is 5.76 Å². The van der Waals surface area contributed by atoms with Crippen molar-refractivity contribution in [2.75, 3.05) is 0 Å². The molecule has 0 aliphatic carbocycles. The van der Waals surface area contributed by atoms with Gasteiger partial charge in [0.2, 0.25) is 0 Å². The van der Waals surface area contributed by atoms with Gasteiger partial charge in [0, 0.05) is 5.57 Å². The van der Waals surface area contributed by atoms with Gasteiger partial charge < -0.3 is 4.74 Å². The fourth-order valence-corrected chi connectivity index (χ4v) is 2.11. The van der Waals surface area contributed by atoms with Gasteiger partial charge in [-0.25, -0.2) is 0 Å². The van der Waals surface area contributed by atoms with E-state index in [1.807, 2.05) is 63.2 Å². The molecule has 2 rings (SSSR count). The molecule has 1 aromatic carbocycles. The number of hydrogen-bond acceptors (Lipinski definition) is 3. The molecular weight excluding hydrogens is 236 g/mol. The van der Waals surface area contributed by atoms with Crippen LogP contribution >= 0.6 is 0 Å². The molecule has 3 nitrogen and oxygen atoms in total. The van der Waals surface area contributed by atoms with Crippen LogP contribution in [0.2, 0.25) is 0 Å². The molecule has 19 heavy (non-hydrogen) atoms. The van der Waals surface area contributed by atoms with E-state index in [1.165, 1.54) is 0 Å². The largest absolute Gasteiger partial charge is 0.481 e. The summed E-state index contributed by atoms with van der Waals surface area (Å²) in [6.07, 6.45) is 0. The third-order valence-electron chi connectivity index (χ3n) is 3.38. The van der Waals surface area contributed by atoms with E-state index in [-0.39, 0.29) is 5.57 Å². The standard InChI is InChI=1S/C16H14N2O/c1-11-14(12-7-5-4-6-8-12)15(13(9-17)10-18)19-16(11,2)3/h4-8H,1-3H3. The Hall–Kier alpha value is -2.52. The van der Waals surface area contributed by atoms with Gasteiger partial charge in [-0.3, -0.25) is 0 Å². The lowest BCUT2D eigenvalue weighted by atomic mass is 9.92. The SMILES string of the molecule is CC1=C(c2ccccc2)C(=C(C#N)C#N)OC1(C)C. The summed E-state index contributed by atoms with van der Waals surface area (Å²) in [6, 6.07) is 13.5. The molecule has 0 saturated carbocycles. The third kappa shape index (κ3) is 2.11. The van der Waals surface area contributed by atoms with Crippen molar-refractivity contribution >= 4 is 5.57 Å². The minimum Gasteiger partial charge on any atom is -0.481 e. The summed E-state index contributed by atoms with van der Waals surface area (Å²) in [5.41, 5.74) is 2.35. The molecule has 0 fully saturated rings. The summed E-state index contributed by atoms with van der Waals surface area (Å²) in [7, 11) is 0. The van der Waals surface area contributed by atoms with Crippen LogP contribution in [0, 0.1) is 22.7 Å². The van der Waals surface area contributed by atoms with E-state index in [1.54, 1.807) is 0 Å². The van der Waals surface area contributed by atoms with Crippen molar-refractivity contribution in [2.24, 2.45) is 0 Å². The first-order chi connectivity index (χ1) is 9.01. The maximum Gasteiger partial charge on any atom is 0.172 e. The van der Waals surface area contributed by atoms with Crippen LogP contribution in [-0.4, -0.2) is 5.60 Å². The van der Waals surface area contributed by atoms with E-state index >= 15 is 0 Å². The van der Waals surface area contributed by atoms with Gasteiger partial charge >= 0.3 is 0 Å². The maximum absolute atomic E-state index is 9.07. The van der Waals surface area contributed by atoms with E-state index in [9.17, 15) is 0 Å². The maximum atomic E-state index is 9.07. The average molecular weight is 250 g/mol. The molecule has 0 amide bonds. The molecule has 0 unspecified atom stereocenters. The lowest BCUT2D eigenvalue weighted by Gasteiger charge is -2.20.